The molecule has 1 aliphatic heterocycles. The number of nitrogens with zero attached hydrogens (tertiary/aromatic N) is 1. The van der Waals surface area contributed by atoms with Crippen molar-refractivity contribution in [3.63, 3.8) is 0 Å². The maximum atomic E-state index is 12.5. The summed E-state index contributed by atoms with van der Waals surface area (Å²) in [5, 5.41) is 0.518. The van der Waals surface area contributed by atoms with Gasteiger partial charge in [-0.05, 0) is 43.4 Å². The smallest absolute Gasteiger partial charge is 0.264 e. The zero-order valence-electron chi connectivity index (χ0n) is 13.3. The van der Waals surface area contributed by atoms with Gasteiger partial charge >= 0.3 is 0 Å². The molecule has 0 saturated heterocycles. The maximum absolute atomic E-state index is 12.5. The number of hydrogen-bond donors (Lipinski definition) is 1. The van der Waals surface area contributed by atoms with E-state index >= 15 is 0 Å². The molecule has 0 bridgehead atoms. The van der Waals surface area contributed by atoms with E-state index < -0.39 is 10.0 Å². The molecule has 23 heavy (non-hydrogen) atoms. The lowest BCUT2D eigenvalue weighted by Gasteiger charge is -2.25. The highest BCUT2D eigenvalue weighted by Crippen LogP contribution is 2.33. The monoisotopic (exact) mass is 352 g/mol. The first kappa shape index (κ1) is 16.5. The largest absolute Gasteiger partial charge is 0.264 e. The maximum Gasteiger partial charge on any atom is 0.264 e. The minimum absolute atomic E-state index is 0.190. The Morgan fingerprint density at radius 2 is 2.00 bits per heavy atom. The molecule has 1 aromatic carbocycles. The van der Waals surface area contributed by atoms with Crippen LogP contribution in [0.2, 0.25) is 5.02 Å². The van der Waals surface area contributed by atoms with Crippen LogP contribution in [0.3, 0.4) is 0 Å². The Balaban J connectivity index is 2.02. The van der Waals surface area contributed by atoms with Crippen LogP contribution in [0.4, 0.5) is 0 Å². The van der Waals surface area contributed by atoms with E-state index in [0.717, 1.165) is 19.3 Å². The van der Waals surface area contributed by atoms with E-state index in [1.807, 2.05) is 0 Å². The molecule has 1 N–H and O–H groups in total. The summed E-state index contributed by atoms with van der Waals surface area (Å²) in [4.78, 5) is 5.01. The molecule has 0 amide bonds. The van der Waals surface area contributed by atoms with Gasteiger partial charge in [-0.2, -0.15) is 0 Å². The third-order valence-electron chi connectivity index (χ3n) is 4.64. The van der Waals surface area contributed by atoms with Gasteiger partial charge in [0.05, 0.1) is 6.04 Å². The summed E-state index contributed by atoms with van der Waals surface area (Å²) in [5.41, 5.74) is 1.27. The molecule has 0 radical (unpaired) electrons. The van der Waals surface area contributed by atoms with Crippen LogP contribution in [-0.2, 0) is 10.0 Å². The van der Waals surface area contributed by atoms with Crippen LogP contribution in [0.15, 0.2) is 34.8 Å². The Bertz CT molecular complexity index is 784. The van der Waals surface area contributed by atoms with Gasteiger partial charge in [0.2, 0.25) is 0 Å². The van der Waals surface area contributed by atoms with Crippen molar-refractivity contribution in [3.05, 3.63) is 40.4 Å². The summed E-state index contributed by atoms with van der Waals surface area (Å²) >= 11 is 6.01. The molecule has 6 heteroatoms. The van der Waals surface area contributed by atoms with Gasteiger partial charge in [0.15, 0.2) is 0 Å². The van der Waals surface area contributed by atoms with Crippen molar-refractivity contribution >= 4 is 32.4 Å². The average molecular weight is 353 g/mol. The zero-order chi connectivity index (χ0) is 16.6. The molecule has 2 atom stereocenters. The third kappa shape index (κ3) is 3.31. The van der Waals surface area contributed by atoms with Crippen LogP contribution < -0.4 is 4.72 Å². The number of sulfonamides is 1. The van der Waals surface area contributed by atoms with Crippen LogP contribution >= 0.6 is 11.6 Å². The van der Waals surface area contributed by atoms with Gasteiger partial charge in [0.1, 0.15) is 10.7 Å². The molecule has 1 heterocycles. The second kappa shape index (κ2) is 6.29. The van der Waals surface area contributed by atoms with Gasteiger partial charge in [-0.25, -0.2) is 8.42 Å². The summed E-state index contributed by atoms with van der Waals surface area (Å²) in [6.45, 7) is 3.99. The highest BCUT2D eigenvalue weighted by molar-refractivity contribution is 8.00. The summed E-state index contributed by atoms with van der Waals surface area (Å²) in [6, 6.07) is 7.11. The van der Waals surface area contributed by atoms with Crippen LogP contribution in [0, 0.1) is 5.92 Å². The highest BCUT2D eigenvalue weighted by atomic mass is 35.5. The fourth-order valence-electron chi connectivity index (χ4n) is 3.34. The van der Waals surface area contributed by atoms with Gasteiger partial charge in [-0.15, -0.1) is 0 Å². The molecule has 0 aromatic heterocycles. The van der Waals surface area contributed by atoms with Crippen molar-refractivity contribution < 1.29 is 8.42 Å². The highest BCUT2D eigenvalue weighted by Gasteiger charge is 2.34. The van der Waals surface area contributed by atoms with Crippen molar-refractivity contribution in [1.82, 2.24) is 4.72 Å². The van der Waals surface area contributed by atoms with Crippen molar-refractivity contribution in [2.45, 2.75) is 45.6 Å². The zero-order valence-corrected chi connectivity index (χ0v) is 14.9. The molecule has 4 nitrogen and oxygen atoms in total. The van der Waals surface area contributed by atoms with E-state index in [0.29, 0.717) is 27.9 Å². The number of rotatable bonds is 2. The summed E-state index contributed by atoms with van der Waals surface area (Å²) in [5.74, 6) is 0.975. The number of amidine groups is 1. The molecule has 124 valence electrons. The van der Waals surface area contributed by atoms with E-state index in [9.17, 15) is 8.42 Å². The van der Waals surface area contributed by atoms with Crippen molar-refractivity contribution in [1.29, 1.82) is 0 Å². The first-order chi connectivity index (χ1) is 10.9. The second-order valence-electron chi connectivity index (χ2n) is 6.38. The number of hydrogen-bond acceptors (Lipinski definition) is 3. The van der Waals surface area contributed by atoms with Crippen LogP contribution in [0.5, 0.6) is 0 Å². The van der Waals surface area contributed by atoms with E-state index in [-0.39, 0.29) is 10.9 Å². The topological polar surface area (TPSA) is 58.5 Å². The molecule has 0 spiro atoms. The predicted octanol–water partition coefficient (Wildman–Crippen LogP) is 3.98. The molecule has 1 fully saturated rings. The Kier molecular flexibility index (Phi) is 4.52. The first-order valence-corrected chi connectivity index (χ1v) is 9.82. The van der Waals surface area contributed by atoms with Crippen LogP contribution in [-0.4, -0.2) is 20.3 Å². The Morgan fingerprint density at radius 3 is 2.70 bits per heavy atom. The fourth-order valence-corrected chi connectivity index (χ4v) is 5.03. The molecular formula is C17H21ClN2O2S. The Hall–Kier alpha value is -1.33. The molecule has 1 saturated carbocycles. The molecular weight excluding hydrogens is 332 g/mol. The number of aliphatic imine (C=N–C) groups is 1. The lowest BCUT2D eigenvalue weighted by molar-refractivity contribution is 0.333. The van der Waals surface area contributed by atoms with Crippen LogP contribution in [0.1, 0.15) is 45.1 Å². The number of halogens is 1. The SMILES string of the molecule is CC1=C(c2cccc(Cl)c2)S(=O)(=O)NC1=NC1CCCCC1C. The summed E-state index contributed by atoms with van der Waals surface area (Å²) in [6.07, 6.45) is 4.56. The second-order valence-corrected chi connectivity index (χ2v) is 8.43. The molecule has 2 aliphatic rings. The molecule has 1 aliphatic carbocycles. The van der Waals surface area contributed by atoms with E-state index in [2.05, 4.69) is 11.6 Å². The van der Waals surface area contributed by atoms with Gasteiger partial charge in [0, 0.05) is 10.6 Å². The summed E-state index contributed by atoms with van der Waals surface area (Å²) < 4.78 is 27.7. The quantitative estimate of drug-likeness (QED) is 0.875. The lowest BCUT2D eigenvalue weighted by Crippen LogP contribution is -2.28. The fraction of sp³-hybridized carbons (Fsp3) is 0.471. The molecule has 3 rings (SSSR count). The van der Waals surface area contributed by atoms with Gasteiger partial charge < -0.3 is 0 Å². The minimum atomic E-state index is -3.58. The summed E-state index contributed by atoms with van der Waals surface area (Å²) in [7, 11) is -3.58. The standard InChI is InChI=1S/C17H21ClN2O2S/c1-11-6-3-4-9-15(11)19-17-12(2)16(23(21,22)20-17)13-7-5-8-14(18)10-13/h5,7-8,10-11,15H,3-4,6,9H2,1-2H3,(H,19,20). The van der Waals surface area contributed by atoms with Gasteiger partial charge in [-0.1, -0.05) is 43.5 Å². The first-order valence-electron chi connectivity index (χ1n) is 7.96. The van der Waals surface area contributed by atoms with Crippen molar-refractivity contribution in [3.8, 4) is 0 Å². The third-order valence-corrected chi connectivity index (χ3v) is 6.42. The number of nitrogens with one attached hydrogen (secondary N) is 1. The molecule has 2 unspecified atom stereocenters. The Labute approximate surface area is 142 Å². The van der Waals surface area contributed by atoms with E-state index in [1.165, 1.54) is 6.42 Å². The van der Waals surface area contributed by atoms with Crippen LogP contribution in [0.25, 0.3) is 4.91 Å². The van der Waals surface area contributed by atoms with Crippen molar-refractivity contribution in [2.75, 3.05) is 0 Å². The number of benzene rings is 1. The van der Waals surface area contributed by atoms with Crippen molar-refractivity contribution in [2.24, 2.45) is 10.9 Å². The Morgan fingerprint density at radius 1 is 1.26 bits per heavy atom. The average Bonchev–Trinajstić information content (AvgIpc) is 2.70. The van der Waals surface area contributed by atoms with E-state index in [1.54, 1.807) is 31.2 Å². The van der Waals surface area contributed by atoms with E-state index in [4.69, 9.17) is 16.6 Å². The minimum Gasteiger partial charge on any atom is -0.264 e. The lowest BCUT2D eigenvalue weighted by atomic mass is 9.86. The predicted molar refractivity (Wildman–Crippen MR) is 95.0 cm³/mol. The normalized spacial score (nSPS) is 28.9. The van der Waals surface area contributed by atoms with Gasteiger partial charge in [-0.3, -0.25) is 9.71 Å². The molecule has 1 aromatic rings. The van der Waals surface area contributed by atoms with Gasteiger partial charge in [0.25, 0.3) is 10.0 Å².